The molecule has 27 heavy (non-hydrogen) atoms. The number of ether oxygens (including phenoxy) is 2. The fraction of sp³-hybridized carbons (Fsp3) is 0.556. The van der Waals surface area contributed by atoms with Crippen LogP contribution in [0.2, 0.25) is 0 Å². The monoisotopic (exact) mass is 384 g/mol. The minimum absolute atomic E-state index is 0.198. The lowest BCUT2D eigenvalue weighted by Crippen LogP contribution is -2.63. The molecule has 1 aromatic carbocycles. The molecule has 0 bridgehead atoms. The number of aliphatic hydroxyl groups is 4. The number of carboxylic acids is 1. The van der Waals surface area contributed by atoms with Gasteiger partial charge in [0.15, 0.2) is 0 Å². The van der Waals surface area contributed by atoms with Gasteiger partial charge in [-0.15, -0.1) is 0 Å². The second kappa shape index (κ2) is 8.77. The van der Waals surface area contributed by atoms with Crippen LogP contribution in [-0.4, -0.2) is 74.1 Å². The second-order valence-corrected chi connectivity index (χ2v) is 6.65. The summed E-state index contributed by atoms with van der Waals surface area (Å²) >= 11 is 0. The van der Waals surface area contributed by atoms with Crippen LogP contribution < -0.4 is 0 Å². The molecule has 2 unspecified atom stereocenters. The number of carboxylic acid groups (broad SMARTS) is 1. The highest BCUT2D eigenvalue weighted by Gasteiger charge is 2.58. The third kappa shape index (κ3) is 4.45. The summed E-state index contributed by atoms with van der Waals surface area (Å²) in [6, 6.07) is 8.58. The highest BCUT2D eigenvalue weighted by Crippen LogP contribution is 2.36. The van der Waals surface area contributed by atoms with Gasteiger partial charge in [-0.2, -0.15) is 0 Å². The lowest BCUT2D eigenvalue weighted by Gasteiger charge is -2.44. The van der Waals surface area contributed by atoms with Gasteiger partial charge in [-0.05, 0) is 5.56 Å². The van der Waals surface area contributed by atoms with E-state index in [1.54, 1.807) is 30.3 Å². The van der Waals surface area contributed by atoms with Gasteiger partial charge in [0.25, 0.3) is 5.60 Å². The Labute approximate surface area is 155 Å². The molecule has 0 aromatic heterocycles. The molecule has 1 aliphatic rings. The Hall–Kier alpha value is -2.04. The van der Waals surface area contributed by atoms with E-state index in [2.05, 4.69) is 0 Å². The van der Waals surface area contributed by atoms with E-state index >= 15 is 0 Å². The topological polar surface area (TPSA) is 154 Å². The van der Waals surface area contributed by atoms with Gasteiger partial charge in [0.2, 0.25) is 0 Å². The summed E-state index contributed by atoms with van der Waals surface area (Å²) in [5, 5.41) is 48.7. The number of rotatable bonds is 7. The van der Waals surface area contributed by atoms with E-state index in [1.807, 2.05) is 0 Å². The summed E-state index contributed by atoms with van der Waals surface area (Å²) in [5.74, 6) is -3.70. The van der Waals surface area contributed by atoms with Crippen LogP contribution in [-0.2, 0) is 25.7 Å². The van der Waals surface area contributed by atoms with Crippen molar-refractivity contribution in [2.45, 2.75) is 50.0 Å². The van der Waals surface area contributed by atoms with Crippen molar-refractivity contribution < 1.29 is 44.6 Å². The van der Waals surface area contributed by atoms with Gasteiger partial charge in [0.1, 0.15) is 18.8 Å². The highest BCUT2D eigenvalue weighted by molar-refractivity contribution is 6.03. The van der Waals surface area contributed by atoms with Crippen molar-refractivity contribution in [2.24, 2.45) is 5.92 Å². The number of aliphatic carboxylic acids is 1. The molecule has 1 aromatic rings. The zero-order chi connectivity index (χ0) is 20.2. The zero-order valence-corrected chi connectivity index (χ0v) is 14.8. The first-order valence-electron chi connectivity index (χ1n) is 8.50. The Morgan fingerprint density at radius 2 is 1.93 bits per heavy atom. The van der Waals surface area contributed by atoms with E-state index < -0.39 is 60.9 Å². The first-order chi connectivity index (χ1) is 12.7. The molecule has 1 heterocycles. The number of esters is 1. The molecule has 6 atom stereocenters. The molecule has 0 spiro atoms. The molecular formula is C18H24O9. The Bertz CT molecular complexity index is 649. The molecule has 5 N–H and O–H groups in total. The SMILES string of the molecule is C[C@H]1C([C@H](O)[C@H](O)CO)OC(C(=O)O)(C(=O)OCc2ccccc2)C[C@H]1O. The van der Waals surface area contributed by atoms with Gasteiger partial charge >= 0.3 is 11.9 Å². The smallest absolute Gasteiger partial charge is 0.350 e. The number of hydrogen-bond acceptors (Lipinski definition) is 8. The van der Waals surface area contributed by atoms with Gasteiger partial charge in [-0.25, -0.2) is 9.59 Å². The van der Waals surface area contributed by atoms with Crippen LogP contribution >= 0.6 is 0 Å². The van der Waals surface area contributed by atoms with Crippen molar-refractivity contribution in [3.05, 3.63) is 35.9 Å². The first-order valence-corrected chi connectivity index (χ1v) is 8.50. The largest absolute Gasteiger partial charge is 0.479 e. The van der Waals surface area contributed by atoms with Crippen molar-refractivity contribution in [1.82, 2.24) is 0 Å². The third-order valence-corrected chi connectivity index (χ3v) is 4.76. The van der Waals surface area contributed by atoms with Gasteiger partial charge in [-0.1, -0.05) is 37.3 Å². The van der Waals surface area contributed by atoms with Crippen molar-refractivity contribution in [3.63, 3.8) is 0 Å². The Morgan fingerprint density at radius 1 is 1.30 bits per heavy atom. The molecule has 0 saturated carbocycles. The summed E-state index contributed by atoms with van der Waals surface area (Å²) < 4.78 is 10.5. The van der Waals surface area contributed by atoms with Crippen molar-refractivity contribution in [3.8, 4) is 0 Å². The van der Waals surface area contributed by atoms with Crippen LogP contribution in [0.4, 0.5) is 0 Å². The average molecular weight is 384 g/mol. The van der Waals surface area contributed by atoms with Crippen molar-refractivity contribution >= 4 is 11.9 Å². The minimum atomic E-state index is -2.54. The molecule has 2 rings (SSSR count). The summed E-state index contributed by atoms with van der Waals surface area (Å²) in [4.78, 5) is 24.4. The summed E-state index contributed by atoms with van der Waals surface area (Å²) in [6.45, 7) is 0.474. The number of benzene rings is 1. The predicted molar refractivity (Wildman–Crippen MR) is 90.4 cm³/mol. The average Bonchev–Trinajstić information content (AvgIpc) is 2.67. The maximum atomic E-state index is 12.6. The van der Waals surface area contributed by atoms with E-state index in [4.69, 9.17) is 14.6 Å². The molecule has 1 aliphatic heterocycles. The molecular weight excluding hydrogens is 360 g/mol. The molecule has 9 heteroatoms. The maximum Gasteiger partial charge on any atom is 0.350 e. The van der Waals surface area contributed by atoms with E-state index in [-0.39, 0.29) is 6.61 Å². The number of carbonyl (C=O) groups excluding carboxylic acids is 1. The van der Waals surface area contributed by atoms with E-state index in [9.17, 15) is 30.0 Å². The molecule has 1 fully saturated rings. The van der Waals surface area contributed by atoms with Crippen LogP contribution in [0, 0.1) is 5.92 Å². The minimum Gasteiger partial charge on any atom is -0.479 e. The van der Waals surface area contributed by atoms with Crippen LogP contribution in [0.1, 0.15) is 18.9 Å². The van der Waals surface area contributed by atoms with Gasteiger partial charge in [0.05, 0.1) is 18.8 Å². The van der Waals surface area contributed by atoms with Crippen LogP contribution in [0.15, 0.2) is 30.3 Å². The normalized spacial score (nSPS) is 30.3. The van der Waals surface area contributed by atoms with Crippen molar-refractivity contribution in [2.75, 3.05) is 6.61 Å². The van der Waals surface area contributed by atoms with Gasteiger partial charge in [0, 0.05) is 12.3 Å². The molecule has 150 valence electrons. The van der Waals surface area contributed by atoms with Gasteiger partial charge < -0.3 is 35.0 Å². The Morgan fingerprint density at radius 3 is 2.48 bits per heavy atom. The fourth-order valence-electron chi connectivity index (χ4n) is 2.99. The molecule has 0 aliphatic carbocycles. The fourth-order valence-corrected chi connectivity index (χ4v) is 2.99. The lowest BCUT2D eigenvalue weighted by molar-refractivity contribution is -0.243. The number of carbonyl (C=O) groups is 2. The molecule has 9 nitrogen and oxygen atoms in total. The summed E-state index contributed by atoms with van der Waals surface area (Å²) in [5.41, 5.74) is -1.91. The van der Waals surface area contributed by atoms with E-state index in [0.29, 0.717) is 5.56 Å². The van der Waals surface area contributed by atoms with Crippen molar-refractivity contribution in [1.29, 1.82) is 0 Å². The van der Waals surface area contributed by atoms with Gasteiger partial charge in [-0.3, -0.25) is 0 Å². The number of hydrogen-bond donors (Lipinski definition) is 5. The van der Waals surface area contributed by atoms with E-state index in [0.717, 1.165) is 0 Å². The van der Waals surface area contributed by atoms with Crippen LogP contribution in [0.25, 0.3) is 0 Å². The zero-order valence-electron chi connectivity index (χ0n) is 14.8. The van der Waals surface area contributed by atoms with Crippen LogP contribution in [0.5, 0.6) is 0 Å². The van der Waals surface area contributed by atoms with E-state index in [1.165, 1.54) is 6.92 Å². The third-order valence-electron chi connectivity index (χ3n) is 4.76. The highest BCUT2D eigenvalue weighted by atomic mass is 16.6. The Balaban J connectivity index is 2.24. The molecule has 0 amide bonds. The summed E-state index contributed by atoms with van der Waals surface area (Å²) in [6.07, 6.45) is -6.63. The quantitative estimate of drug-likeness (QED) is 0.296. The Kier molecular flexibility index (Phi) is 6.90. The molecule has 0 radical (unpaired) electrons. The molecule has 1 saturated heterocycles. The number of aliphatic hydroxyl groups excluding tert-OH is 4. The predicted octanol–water partition coefficient (Wildman–Crippen LogP) is -0.947. The summed E-state index contributed by atoms with van der Waals surface area (Å²) in [7, 11) is 0. The maximum absolute atomic E-state index is 12.6. The second-order valence-electron chi connectivity index (χ2n) is 6.65. The standard InChI is InChI=1S/C18H24O9/c1-10-12(20)7-18(16(23)24,27-15(10)14(22)13(21)8-19)17(25)26-9-11-5-3-2-4-6-11/h2-6,10,12-15,19-22H,7-9H2,1H3,(H,23,24)/t10-,12-,13-,14-,15?,18?/m1/s1. The van der Waals surface area contributed by atoms with Crippen LogP contribution in [0.3, 0.4) is 0 Å². The first kappa shape index (κ1) is 21.3. The lowest BCUT2D eigenvalue weighted by atomic mass is 9.80.